The van der Waals surface area contributed by atoms with Crippen LogP contribution in [0.1, 0.15) is 42.9 Å². The van der Waals surface area contributed by atoms with Gasteiger partial charge in [0.15, 0.2) is 0 Å². The van der Waals surface area contributed by atoms with E-state index in [0.29, 0.717) is 0 Å². The lowest BCUT2D eigenvalue weighted by Crippen LogP contribution is -2.32. The van der Waals surface area contributed by atoms with Crippen molar-refractivity contribution in [2.45, 2.75) is 46.5 Å². The molecule has 19 heavy (non-hydrogen) atoms. The molecule has 0 aromatic heterocycles. The second-order valence-corrected chi connectivity index (χ2v) is 6.63. The Morgan fingerprint density at radius 1 is 1.16 bits per heavy atom. The molecule has 0 heterocycles. The zero-order valence-electron chi connectivity index (χ0n) is 13.0. The third-order valence-corrected chi connectivity index (χ3v) is 4.86. The van der Waals surface area contributed by atoms with Crippen molar-refractivity contribution in [2.24, 2.45) is 17.8 Å². The number of aryl methyl sites for hydroxylation is 2. The van der Waals surface area contributed by atoms with E-state index in [1.807, 2.05) is 0 Å². The van der Waals surface area contributed by atoms with E-state index in [-0.39, 0.29) is 0 Å². The fourth-order valence-electron chi connectivity index (χ4n) is 3.64. The highest BCUT2D eigenvalue weighted by Gasteiger charge is 2.28. The summed E-state index contributed by atoms with van der Waals surface area (Å²) in [6.07, 6.45) is 5.48. The summed E-state index contributed by atoms with van der Waals surface area (Å²) in [5.74, 6) is 2.63. The van der Waals surface area contributed by atoms with Crippen LogP contribution >= 0.6 is 0 Å². The minimum absolute atomic E-state index is 0.858. The van der Waals surface area contributed by atoms with E-state index < -0.39 is 0 Å². The van der Waals surface area contributed by atoms with E-state index in [4.69, 9.17) is 0 Å². The monoisotopic (exact) mass is 259 g/mol. The van der Waals surface area contributed by atoms with Crippen molar-refractivity contribution in [1.82, 2.24) is 5.32 Å². The molecular formula is C18H29N. The lowest BCUT2D eigenvalue weighted by atomic mass is 9.72. The molecule has 1 N–H and O–H groups in total. The topological polar surface area (TPSA) is 12.0 Å². The highest BCUT2D eigenvalue weighted by molar-refractivity contribution is 5.30. The fourth-order valence-corrected chi connectivity index (χ4v) is 3.64. The molecule has 0 amide bonds. The molecule has 0 saturated heterocycles. The normalized spacial score (nSPS) is 27.5. The molecular weight excluding hydrogens is 230 g/mol. The molecule has 0 aliphatic heterocycles. The van der Waals surface area contributed by atoms with E-state index in [0.717, 1.165) is 17.8 Å². The van der Waals surface area contributed by atoms with Crippen LogP contribution in [0.5, 0.6) is 0 Å². The number of hydrogen-bond donors (Lipinski definition) is 1. The number of nitrogens with one attached hydrogen (secondary N) is 1. The Morgan fingerprint density at radius 3 is 2.68 bits per heavy atom. The van der Waals surface area contributed by atoms with Crippen molar-refractivity contribution in [1.29, 1.82) is 0 Å². The van der Waals surface area contributed by atoms with Crippen molar-refractivity contribution < 1.29 is 0 Å². The van der Waals surface area contributed by atoms with Crippen LogP contribution in [-0.4, -0.2) is 13.6 Å². The van der Waals surface area contributed by atoms with Gasteiger partial charge in [-0.05, 0) is 75.6 Å². The van der Waals surface area contributed by atoms with Crippen LogP contribution < -0.4 is 5.32 Å². The van der Waals surface area contributed by atoms with Gasteiger partial charge >= 0.3 is 0 Å². The van der Waals surface area contributed by atoms with E-state index in [9.17, 15) is 0 Å². The zero-order valence-corrected chi connectivity index (χ0v) is 13.0. The van der Waals surface area contributed by atoms with E-state index >= 15 is 0 Å². The quantitative estimate of drug-likeness (QED) is 0.857. The highest BCUT2D eigenvalue weighted by Crippen LogP contribution is 2.36. The maximum atomic E-state index is 3.39. The summed E-state index contributed by atoms with van der Waals surface area (Å²) in [4.78, 5) is 0. The van der Waals surface area contributed by atoms with Gasteiger partial charge in [-0.2, -0.15) is 0 Å². The maximum absolute atomic E-state index is 3.39. The molecule has 1 aliphatic carbocycles. The summed E-state index contributed by atoms with van der Waals surface area (Å²) in [5.41, 5.74) is 4.43. The van der Waals surface area contributed by atoms with E-state index in [1.165, 1.54) is 43.4 Å². The lowest BCUT2D eigenvalue weighted by molar-refractivity contribution is 0.186. The SMILES string of the molecule is CNCC1CCC(C)CC1Cc1cc(C)ccc1C. The van der Waals surface area contributed by atoms with Crippen molar-refractivity contribution in [3.05, 3.63) is 34.9 Å². The van der Waals surface area contributed by atoms with Crippen molar-refractivity contribution in [2.75, 3.05) is 13.6 Å². The van der Waals surface area contributed by atoms with E-state index in [1.54, 1.807) is 5.56 Å². The second-order valence-electron chi connectivity index (χ2n) is 6.63. The molecule has 3 unspecified atom stereocenters. The summed E-state index contributed by atoms with van der Waals surface area (Å²) in [6.45, 7) is 8.07. The molecule has 1 fully saturated rings. The first-order chi connectivity index (χ1) is 9.10. The fraction of sp³-hybridized carbons (Fsp3) is 0.667. The van der Waals surface area contributed by atoms with Crippen molar-refractivity contribution >= 4 is 0 Å². The number of hydrogen-bond acceptors (Lipinski definition) is 1. The van der Waals surface area contributed by atoms with Gasteiger partial charge in [-0.25, -0.2) is 0 Å². The van der Waals surface area contributed by atoms with Gasteiger partial charge in [-0.1, -0.05) is 37.1 Å². The first kappa shape index (κ1) is 14.6. The summed E-state index contributed by atoms with van der Waals surface area (Å²) in [5, 5.41) is 3.39. The molecule has 2 rings (SSSR count). The Labute approximate surface area is 118 Å². The molecule has 0 radical (unpaired) electrons. The predicted molar refractivity (Wildman–Crippen MR) is 83.5 cm³/mol. The average molecular weight is 259 g/mol. The van der Waals surface area contributed by atoms with Crippen LogP contribution in [0.4, 0.5) is 0 Å². The number of rotatable bonds is 4. The van der Waals surface area contributed by atoms with Crippen LogP contribution in [0.3, 0.4) is 0 Å². The summed E-state index contributed by atoms with van der Waals surface area (Å²) in [6, 6.07) is 6.91. The van der Waals surface area contributed by atoms with Crippen molar-refractivity contribution in [3.63, 3.8) is 0 Å². The molecule has 0 spiro atoms. The molecule has 1 aromatic rings. The molecule has 106 valence electrons. The molecule has 1 nitrogen and oxygen atoms in total. The molecule has 1 aromatic carbocycles. The zero-order chi connectivity index (χ0) is 13.8. The Kier molecular flexibility index (Phi) is 5.04. The number of benzene rings is 1. The van der Waals surface area contributed by atoms with Crippen LogP contribution in [0.2, 0.25) is 0 Å². The van der Waals surface area contributed by atoms with Gasteiger partial charge in [0.05, 0.1) is 0 Å². The summed E-state index contributed by atoms with van der Waals surface area (Å²) >= 11 is 0. The van der Waals surface area contributed by atoms with Gasteiger partial charge in [-0.15, -0.1) is 0 Å². The van der Waals surface area contributed by atoms with Crippen LogP contribution in [0.25, 0.3) is 0 Å². The van der Waals surface area contributed by atoms with Gasteiger partial charge in [0.2, 0.25) is 0 Å². The molecule has 1 aliphatic rings. The Bertz CT molecular complexity index is 410. The van der Waals surface area contributed by atoms with Crippen LogP contribution in [0.15, 0.2) is 18.2 Å². The minimum atomic E-state index is 0.858. The van der Waals surface area contributed by atoms with Gasteiger partial charge in [0.1, 0.15) is 0 Å². The van der Waals surface area contributed by atoms with E-state index in [2.05, 4.69) is 51.3 Å². The predicted octanol–water partition coefficient (Wildman–Crippen LogP) is 4.12. The highest BCUT2D eigenvalue weighted by atomic mass is 14.8. The smallest absolute Gasteiger partial charge is 0.00208 e. The molecule has 0 bridgehead atoms. The first-order valence-electron chi connectivity index (χ1n) is 7.81. The van der Waals surface area contributed by atoms with Gasteiger partial charge in [0.25, 0.3) is 0 Å². The standard InChI is InChI=1S/C18H29N/c1-13-5-7-15(3)17(9-13)11-18-10-14(2)6-8-16(18)12-19-4/h5,7,9,14,16,18-19H,6,8,10-12H2,1-4H3. The third-order valence-electron chi connectivity index (χ3n) is 4.86. The van der Waals surface area contributed by atoms with Crippen LogP contribution in [-0.2, 0) is 6.42 Å². The molecule has 1 saturated carbocycles. The van der Waals surface area contributed by atoms with Gasteiger partial charge in [0, 0.05) is 0 Å². The average Bonchev–Trinajstić information content (AvgIpc) is 2.37. The lowest BCUT2D eigenvalue weighted by Gasteiger charge is -2.35. The second kappa shape index (κ2) is 6.56. The third kappa shape index (κ3) is 3.82. The summed E-state index contributed by atoms with van der Waals surface area (Å²) in [7, 11) is 2.09. The van der Waals surface area contributed by atoms with Gasteiger partial charge in [-0.3, -0.25) is 0 Å². The van der Waals surface area contributed by atoms with Gasteiger partial charge < -0.3 is 5.32 Å². The van der Waals surface area contributed by atoms with Crippen LogP contribution in [0, 0.1) is 31.6 Å². The molecule has 1 heteroatoms. The Morgan fingerprint density at radius 2 is 1.95 bits per heavy atom. The maximum Gasteiger partial charge on any atom is -0.00208 e. The first-order valence-corrected chi connectivity index (χ1v) is 7.81. The largest absolute Gasteiger partial charge is 0.319 e. The summed E-state index contributed by atoms with van der Waals surface area (Å²) < 4.78 is 0. The Hall–Kier alpha value is -0.820. The van der Waals surface area contributed by atoms with Crippen molar-refractivity contribution in [3.8, 4) is 0 Å². The Balaban J connectivity index is 2.11. The minimum Gasteiger partial charge on any atom is -0.319 e. The molecule has 3 atom stereocenters.